The number of hydrogen-bond donors (Lipinski definition) is 2. The molecule has 4 nitrogen and oxygen atoms in total. The van der Waals surface area contributed by atoms with Crippen LogP contribution < -0.4 is 14.8 Å². The van der Waals surface area contributed by atoms with Crippen LogP contribution in [-0.4, -0.2) is 36.0 Å². The van der Waals surface area contributed by atoms with Crippen molar-refractivity contribution in [3.8, 4) is 5.75 Å². The number of benzene rings is 2. The van der Waals surface area contributed by atoms with E-state index < -0.39 is 0 Å². The molecule has 0 aromatic heterocycles. The minimum Gasteiger partial charge on any atom is -0.432 e. The maximum absolute atomic E-state index is 5.71. The van der Waals surface area contributed by atoms with Crippen LogP contribution in [0.3, 0.4) is 0 Å². The molecule has 29 heavy (non-hydrogen) atoms. The first-order chi connectivity index (χ1) is 14.2. The van der Waals surface area contributed by atoms with Crippen LogP contribution in [0.1, 0.15) is 32.3 Å². The van der Waals surface area contributed by atoms with Crippen molar-refractivity contribution in [2.75, 3.05) is 31.2 Å². The van der Waals surface area contributed by atoms with Crippen molar-refractivity contribution in [3.63, 3.8) is 0 Å². The lowest BCUT2D eigenvalue weighted by Gasteiger charge is -2.32. The number of ether oxygens (including phenoxy) is 1. The molecule has 1 heterocycles. The fourth-order valence-corrected chi connectivity index (χ4v) is 3.86. The molecule has 2 aromatic carbocycles. The Bertz CT molecular complexity index is 702. The third-order valence-corrected chi connectivity index (χ3v) is 5.42. The molecule has 158 valence electrons. The quantitative estimate of drug-likeness (QED) is 0.441. The van der Waals surface area contributed by atoms with Gasteiger partial charge in [-0.25, -0.2) is 0 Å². The van der Waals surface area contributed by atoms with Gasteiger partial charge in [0.1, 0.15) is 5.75 Å². The van der Waals surface area contributed by atoms with Gasteiger partial charge in [0.25, 0.3) is 5.17 Å². The van der Waals surface area contributed by atoms with Crippen molar-refractivity contribution in [2.24, 2.45) is 5.92 Å². The molecule has 1 aliphatic rings. The van der Waals surface area contributed by atoms with Gasteiger partial charge in [-0.05, 0) is 80.2 Å². The van der Waals surface area contributed by atoms with E-state index in [1.165, 1.54) is 31.5 Å². The number of piperidine rings is 1. The summed E-state index contributed by atoms with van der Waals surface area (Å²) in [6.07, 6.45) is 4.63. The molecule has 0 radical (unpaired) electrons. The molecule has 0 bridgehead atoms. The highest BCUT2D eigenvalue weighted by molar-refractivity contribution is 7.96. The predicted octanol–water partition coefficient (Wildman–Crippen LogP) is 5.57. The number of hydrogen-bond acceptors (Lipinski definition) is 5. The van der Waals surface area contributed by atoms with E-state index in [1.807, 2.05) is 56.3 Å². The van der Waals surface area contributed by atoms with Crippen LogP contribution in [0.15, 0.2) is 54.6 Å². The van der Waals surface area contributed by atoms with E-state index in [1.54, 1.807) is 11.9 Å². The van der Waals surface area contributed by atoms with Gasteiger partial charge in [-0.3, -0.25) is 9.62 Å². The van der Waals surface area contributed by atoms with E-state index in [-0.39, 0.29) is 0 Å². The number of nitrogens with one attached hydrogen (secondary N) is 2. The molecule has 0 aliphatic carbocycles. The third-order valence-electron chi connectivity index (χ3n) is 4.78. The minimum absolute atomic E-state index is 0.356. The summed E-state index contributed by atoms with van der Waals surface area (Å²) in [5.41, 5.74) is 2.24. The Morgan fingerprint density at radius 1 is 1.07 bits per heavy atom. The molecule has 2 aromatic rings. The summed E-state index contributed by atoms with van der Waals surface area (Å²) < 4.78 is 9.10. The van der Waals surface area contributed by atoms with Gasteiger partial charge in [0, 0.05) is 18.8 Å². The average Bonchev–Trinajstić information content (AvgIpc) is 2.77. The lowest BCUT2D eigenvalue weighted by Crippen LogP contribution is -2.35. The zero-order chi connectivity index (χ0) is 20.9. The first kappa shape index (κ1) is 23.7. The topological polar surface area (TPSA) is 36.5 Å². The van der Waals surface area contributed by atoms with Gasteiger partial charge in [-0.1, -0.05) is 56.1 Å². The molecule has 0 spiro atoms. The number of para-hydroxylation sites is 1. The molecular weight excluding hydrogens is 398 g/mol. The van der Waals surface area contributed by atoms with E-state index >= 15 is 0 Å². The van der Waals surface area contributed by atoms with Gasteiger partial charge in [0.2, 0.25) is 0 Å². The number of thiocarbonyl (C=S) groups is 1. The van der Waals surface area contributed by atoms with Gasteiger partial charge in [0.15, 0.2) is 0 Å². The van der Waals surface area contributed by atoms with Crippen LogP contribution >= 0.6 is 24.2 Å². The molecule has 6 heteroatoms. The molecule has 0 unspecified atom stereocenters. The number of rotatable bonds is 7. The zero-order valence-corrected chi connectivity index (χ0v) is 19.3. The molecular formula is C23H33N3OS2. The van der Waals surface area contributed by atoms with E-state index in [4.69, 9.17) is 17.0 Å². The van der Waals surface area contributed by atoms with Crippen molar-refractivity contribution in [2.45, 2.75) is 33.2 Å². The third kappa shape index (κ3) is 8.74. The van der Waals surface area contributed by atoms with E-state index in [0.717, 1.165) is 30.4 Å². The molecule has 0 saturated carbocycles. The van der Waals surface area contributed by atoms with Gasteiger partial charge >= 0.3 is 0 Å². The minimum atomic E-state index is 0.356. The van der Waals surface area contributed by atoms with Gasteiger partial charge < -0.3 is 10.1 Å². The summed E-state index contributed by atoms with van der Waals surface area (Å²) in [5.74, 6) is 1.57. The summed E-state index contributed by atoms with van der Waals surface area (Å²) in [6.45, 7) is 8.46. The van der Waals surface area contributed by atoms with Crippen LogP contribution in [0.4, 0.5) is 5.69 Å². The second kappa shape index (κ2) is 13.6. The largest absolute Gasteiger partial charge is 0.432 e. The van der Waals surface area contributed by atoms with Crippen molar-refractivity contribution >= 4 is 35.0 Å². The predicted molar refractivity (Wildman–Crippen MR) is 131 cm³/mol. The summed E-state index contributed by atoms with van der Waals surface area (Å²) >= 11 is 6.99. The first-order valence-corrected chi connectivity index (χ1v) is 12.0. The maximum Gasteiger partial charge on any atom is 0.266 e. The molecule has 3 rings (SSSR count). The highest BCUT2D eigenvalue weighted by atomic mass is 32.2. The summed E-state index contributed by atoms with van der Waals surface area (Å²) in [6, 6.07) is 18.0. The molecule has 1 saturated heterocycles. The summed E-state index contributed by atoms with van der Waals surface area (Å²) in [7, 11) is 0. The van der Waals surface area contributed by atoms with Crippen molar-refractivity contribution in [1.29, 1.82) is 0 Å². The number of anilines is 1. The summed E-state index contributed by atoms with van der Waals surface area (Å²) in [4.78, 5) is 2.53. The van der Waals surface area contributed by atoms with Gasteiger partial charge in [-0.2, -0.15) is 0 Å². The molecule has 1 fully saturated rings. The molecule has 0 atom stereocenters. The Labute approximate surface area is 185 Å². The standard InChI is InChI=1S/C21H27N3OS2.C2H6/c1-27-22-15-17-11-13-24(14-12-17)16-18-7-9-20(10-8-18)25-21(26)23-19-5-3-2-4-6-19;1-2/h2-10,17,22H,11-16H2,1H3,(H,23,26);1-2H3. The Hall–Kier alpha value is -1.60. The van der Waals surface area contributed by atoms with Crippen molar-refractivity contribution < 1.29 is 4.74 Å². The van der Waals surface area contributed by atoms with E-state index in [9.17, 15) is 0 Å². The fourth-order valence-electron chi connectivity index (χ4n) is 3.24. The highest BCUT2D eigenvalue weighted by Gasteiger charge is 2.18. The zero-order valence-electron chi connectivity index (χ0n) is 17.7. The molecule has 1 aliphatic heterocycles. The van der Waals surface area contributed by atoms with E-state index in [0.29, 0.717) is 5.17 Å². The second-order valence-corrected chi connectivity index (χ2v) is 7.86. The fraction of sp³-hybridized carbons (Fsp3) is 0.435. The highest BCUT2D eigenvalue weighted by Crippen LogP contribution is 2.20. The first-order valence-electron chi connectivity index (χ1n) is 10.3. The van der Waals surface area contributed by atoms with Crippen molar-refractivity contribution in [1.82, 2.24) is 9.62 Å². The number of likely N-dealkylation sites (tertiary alicyclic amines) is 1. The van der Waals surface area contributed by atoms with Crippen LogP contribution in [-0.2, 0) is 6.54 Å². The van der Waals surface area contributed by atoms with Gasteiger partial charge in [0.05, 0.1) is 0 Å². The van der Waals surface area contributed by atoms with Crippen LogP contribution in [0.2, 0.25) is 0 Å². The number of nitrogens with zero attached hydrogens (tertiary/aromatic N) is 1. The Morgan fingerprint density at radius 3 is 2.34 bits per heavy atom. The van der Waals surface area contributed by atoms with Crippen LogP contribution in [0.25, 0.3) is 0 Å². The Morgan fingerprint density at radius 2 is 1.72 bits per heavy atom. The monoisotopic (exact) mass is 431 g/mol. The van der Waals surface area contributed by atoms with Gasteiger partial charge in [-0.15, -0.1) is 0 Å². The van der Waals surface area contributed by atoms with Crippen molar-refractivity contribution in [3.05, 3.63) is 60.2 Å². The van der Waals surface area contributed by atoms with E-state index in [2.05, 4.69) is 33.3 Å². The Balaban J connectivity index is 0.00000145. The maximum atomic E-state index is 5.71. The average molecular weight is 432 g/mol. The molecule has 0 amide bonds. The lowest BCUT2D eigenvalue weighted by atomic mass is 9.97. The second-order valence-electron chi connectivity index (χ2n) is 6.80. The lowest BCUT2D eigenvalue weighted by molar-refractivity contribution is 0.179. The summed E-state index contributed by atoms with van der Waals surface area (Å²) in [5, 5.41) is 3.44. The Kier molecular flexibility index (Phi) is 11.1. The smallest absolute Gasteiger partial charge is 0.266 e. The SMILES string of the molecule is CC.CSNCC1CCN(Cc2ccc(OC(=S)Nc3ccccc3)cc2)CC1. The molecule has 2 N–H and O–H groups in total. The normalized spacial score (nSPS) is 14.6. The van der Waals surface area contributed by atoms with Crippen LogP contribution in [0.5, 0.6) is 5.75 Å². The van der Waals surface area contributed by atoms with Crippen LogP contribution in [0, 0.1) is 5.92 Å².